The van der Waals surface area contributed by atoms with Crippen LogP contribution in [-0.2, 0) is 6.42 Å². The summed E-state index contributed by atoms with van der Waals surface area (Å²) < 4.78 is 3.78. The fourth-order valence-electron chi connectivity index (χ4n) is 0.773. The second kappa shape index (κ2) is 3.46. The highest BCUT2D eigenvalue weighted by atomic mass is 32.1. The number of hydrogen-bond donors (Lipinski definition) is 1. The SMILES string of the molecule is C#CC(N)c1snnc1CC. The van der Waals surface area contributed by atoms with Crippen molar-refractivity contribution < 1.29 is 0 Å². The van der Waals surface area contributed by atoms with Gasteiger partial charge in [-0.05, 0) is 18.0 Å². The van der Waals surface area contributed by atoms with Crippen molar-refractivity contribution in [1.82, 2.24) is 9.59 Å². The molecule has 58 valence electrons. The van der Waals surface area contributed by atoms with Gasteiger partial charge in [-0.1, -0.05) is 17.3 Å². The summed E-state index contributed by atoms with van der Waals surface area (Å²) in [7, 11) is 0. The number of aryl methyl sites for hydroxylation is 1. The number of aromatic nitrogens is 2. The molecule has 0 fully saturated rings. The van der Waals surface area contributed by atoms with Gasteiger partial charge in [-0.15, -0.1) is 11.5 Å². The molecule has 1 aromatic rings. The molecule has 1 aromatic heterocycles. The van der Waals surface area contributed by atoms with Crippen molar-refractivity contribution >= 4 is 11.5 Å². The van der Waals surface area contributed by atoms with E-state index >= 15 is 0 Å². The van der Waals surface area contributed by atoms with E-state index in [1.165, 1.54) is 11.5 Å². The highest BCUT2D eigenvalue weighted by molar-refractivity contribution is 7.05. The Labute approximate surface area is 69.8 Å². The summed E-state index contributed by atoms with van der Waals surface area (Å²) in [6.07, 6.45) is 6.00. The fourth-order valence-corrected chi connectivity index (χ4v) is 1.47. The highest BCUT2D eigenvalue weighted by Gasteiger charge is 2.11. The van der Waals surface area contributed by atoms with Gasteiger partial charge in [0, 0.05) is 0 Å². The first kappa shape index (κ1) is 8.18. The van der Waals surface area contributed by atoms with Crippen LogP contribution >= 0.6 is 11.5 Å². The van der Waals surface area contributed by atoms with Crippen molar-refractivity contribution in [3.05, 3.63) is 10.6 Å². The second-order valence-corrected chi connectivity index (χ2v) is 2.87. The lowest BCUT2D eigenvalue weighted by Crippen LogP contribution is -2.07. The average Bonchev–Trinajstić information content (AvgIpc) is 2.50. The molecule has 0 radical (unpaired) electrons. The van der Waals surface area contributed by atoms with E-state index in [1.807, 2.05) is 6.92 Å². The third-order valence-electron chi connectivity index (χ3n) is 1.38. The fraction of sp³-hybridized carbons (Fsp3) is 0.429. The molecule has 0 aromatic carbocycles. The molecule has 0 amide bonds. The zero-order valence-electron chi connectivity index (χ0n) is 6.24. The van der Waals surface area contributed by atoms with Crippen LogP contribution in [0.15, 0.2) is 0 Å². The first-order chi connectivity index (χ1) is 5.29. The van der Waals surface area contributed by atoms with Gasteiger partial charge in [0.05, 0.1) is 10.6 Å². The molecule has 1 heterocycles. The number of hydrogen-bond acceptors (Lipinski definition) is 4. The van der Waals surface area contributed by atoms with Crippen molar-refractivity contribution in [3.63, 3.8) is 0 Å². The molecule has 1 atom stereocenters. The van der Waals surface area contributed by atoms with E-state index in [1.54, 1.807) is 0 Å². The van der Waals surface area contributed by atoms with Crippen LogP contribution in [0.5, 0.6) is 0 Å². The van der Waals surface area contributed by atoms with Crippen LogP contribution in [0.2, 0.25) is 0 Å². The Morgan fingerprint density at radius 1 is 1.82 bits per heavy atom. The Morgan fingerprint density at radius 2 is 2.55 bits per heavy atom. The van der Waals surface area contributed by atoms with E-state index in [-0.39, 0.29) is 6.04 Å². The quantitative estimate of drug-likeness (QED) is 0.661. The molecule has 0 bridgehead atoms. The van der Waals surface area contributed by atoms with Crippen LogP contribution < -0.4 is 5.73 Å². The van der Waals surface area contributed by atoms with Gasteiger partial charge in [-0.2, -0.15) is 0 Å². The molecule has 0 aliphatic heterocycles. The van der Waals surface area contributed by atoms with Gasteiger partial charge in [-0.3, -0.25) is 0 Å². The van der Waals surface area contributed by atoms with Crippen LogP contribution in [0, 0.1) is 12.3 Å². The van der Waals surface area contributed by atoms with Crippen molar-refractivity contribution in [2.75, 3.05) is 0 Å². The van der Waals surface area contributed by atoms with Gasteiger partial charge in [0.25, 0.3) is 0 Å². The van der Waals surface area contributed by atoms with Crippen LogP contribution in [0.1, 0.15) is 23.5 Å². The van der Waals surface area contributed by atoms with Crippen molar-refractivity contribution in [1.29, 1.82) is 0 Å². The van der Waals surface area contributed by atoms with Crippen LogP contribution in [0.25, 0.3) is 0 Å². The lowest BCUT2D eigenvalue weighted by atomic mass is 10.2. The zero-order chi connectivity index (χ0) is 8.27. The van der Waals surface area contributed by atoms with E-state index in [2.05, 4.69) is 15.5 Å². The van der Waals surface area contributed by atoms with Gasteiger partial charge in [0.1, 0.15) is 6.04 Å². The molecule has 11 heavy (non-hydrogen) atoms. The molecule has 0 spiro atoms. The van der Waals surface area contributed by atoms with E-state index in [0.29, 0.717) is 0 Å². The van der Waals surface area contributed by atoms with Gasteiger partial charge in [0.15, 0.2) is 0 Å². The van der Waals surface area contributed by atoms with Crippen LogP contribution in [0.4, 0.5) is 0 Å². The normalized spacial score (nSPS) is 12.5. The van der Waals surface area contributed by atoms with Gasteiger partial charge >= 0.3 is 0 Å². The Morgan fingerprint density at radius 3 is 3.09 bits per heavy atom. The van der Waals surface area contributed by atoms with E-state index in [4.69, 9.17) is 12.2 Å². The summed E-state index contributed by atoms with van der Waals surface area (Å²) in [5.74, 6) is 2.45. The third-order valence-corrected chi connectivity index (χ3v) is 2.23. The Balaban J connectivity index is 2.94. The van der Waals surface area contributed by atoms with E-state index in [9.17, 15) is 0 Å². The predicted molar refractivity (Wildman–Crippen MR) is 45.0 cm³/mol. The molecule has 4 heteroatoms. The van der Waals surface area contributed by atoms with Crippen molar-refractivity contribution in [2.24, 2.45) is 5.73 Å². The maximum Gasteiger partial charge on any atom is 0.105 e. The summed E-state index contributed by atoms with van der Waals surface area (Å²) >= 11 is 1.28. The van der Waals surface area contributed by atoms with Crippen molar-refractivity contribution in [2.45, 2.75) is 19.4 Å². The summed E-state index contributed by atoms with van der Waals surface area (Å²) in [4.78, 5) is 0.912. The summed E-state index contributed by atoms with van der Waals surface area (Å²) in [6.45, 7) is 2.00. The summed E-state index contributed by atoms with van der Waals surface area (Å²) in [6, 6.07) is -0.343. The minimum absolute atomic E-state index is 0.343. The minimum Gasteiger partial charge on any atom is -0.313 e. The Kier molecular flexibility index (Phi) is 2.58. The lowest BCUT2D eigenvalue weighted by Gasteiger charge is -1.99. The number of nitrogens with zero attached hydrogens (tertiary/aromatic N) is 2. The number of terminal acetylenes is 1. The Hall–Kier alpha value is -0.920. The Bertz CT molecular complexity index is 273. The first-order valence-electron chi connectivity index (χ1n) is 3.32. The summed E-state index contributed by atoms with van der Waals surface area (Å²) in [5, 5.41) is 3.90. The molecule has 0 saturated heterocycles. The average molecular weight is 167 g/mol. The van der Waals surface area contributed by atoms with Gasteiger partial charge in [0.2, 0.25) is 0 Å². The monoisotopic (exact) mass is 167 g/mol. The van der Waals surface area contributed by atoms with Crippen LogP contribution in [0.3, 0.4) is 0 Å². The molecule has 1 unspecified atom stereocenters. The predicted octanol–water partition coefficient (Wildman–Crippen LogP) is 0.734. The summed E-state index contributed by atoms with van der Waals surface area (Å²) in [5.41, 5.74) is 6.53. The molecule has 3 nitrogen and oxygen atoms in total. The maximum absolute atomic E-state index is 5.61. The minimum atomic E-state index is -0.343. The first-order valence-corrected chi connectivity index (χ1v) is 4.09. The molecule has 0 aliphatic carbocycles. The smallest absolute Gasteiger partial charge is 0.105 e. The molecular weight excluding hydrogens is 158 g/mol. The maximum atomic E-state index is 5.61. The number of nitrogens with two attached hydrogens (primary N) is 1. The van der Waals surface area contributed by atoms with Gasteiger partial charge in [-0.25, -0.2) is 0 Å². The zero-order valence-corrected chi connectivity index (χ0v) is 7.06. The molecule has 0 aliphatic rings. The second-order valence-electron chi connectivity index (χ2n) is 2.08. The molecule has 1 rings (SSSR count). The van der Waals surface area contributed by atoms with Crippen LogP contribution in [-0.4, -0.2) is 9.59 Å². The standard InChI is InChI=1S/C7H9N3S/c1-3-5(8)7-6(4-2)9-10-11-7/h1,5H,4,8H2,2H3. The highest BCUT2D eigenvalue weighted by Crippen LogP contribution is 2.17. The molecular formula is C7H9N3S. The molecule has 0 saturated carbocycles. The molecule has 2 N–H and O–H groups in total. The van der Waals surface area contributed by atoms with E-state index < -0.39 is 0 Å². The third kappa shape index (κ3) is 1.56. The number of rotatable bonds is 2. The lowest BCUT2D eigenvalue weighted by molar-refractivity contribution is 0.903. The van der Waals surface area contributed by atoms with Crippen molar-refractivity contribution in [3.8, 4) is 12.3 Å². The topological polar surface area (TPSA) is 51.8 Å². The largest absolute Gasteiger partial charge is 0.313 e. The van der Waals surface area contributed by atoms with E-state index in [0.717, 1.165) is 17.0 Å². The van der Waals surface area contributed by atoms with Gasteiger partial charge < -0.3 is 5.73 Å².